The van der Waals surface area contributed by atoms with Gasteiger partial charge in [0.2, 0.25) is 5.91 Å². The molecule has 0 spiro atoms. The summed E-state index contributed by atoms with van der Waals surface area (Å²) in [6.07, 6.45) is 1.66. The van der Waals surface area contributed by atoms with E-state index in [0.717, 1.165) is 29.0 Å². The zero-order chi connectivity index (χ0) is 14.0. The van der Waals surface area contributed by atoms with Gasteiger partial charge in [-0.05, 0) is 37.0 Å². The molecule has 0 bridgehead atoms. The number of fused-ring (bicyclic) bond motifs is 1. The lowest BCUT2D eigenvalue weighted by atomic mass is 10.1. The van der Waals surface area contributed by atoms with E-state index in [1.165, 1.54) is 0 Å². The SMILES string of the molecule is C[C@@H](NC(N)=O)C(=O)N[C@H]1CCc2c(Cl)cccc21. The van der Waals surface area contributed by atoms with E-state index in [9.17, 15) is 9.59 Å². The van der Waals surface area contributed by atoms with E-state index in [4.69, 9.17) is 17.3 Å². The molecule has 2 atom stereocenters. The Morgan fingerprint density at radius 2 is 2.21 bits per heavy atom. The number of urea groups is 1. The van der Waals surface area contributed by atoms with Crippen LogP contribution in [0.3, 0.4) is 0 Å². The number of carbonyl (C=O) groups excluding carboxylic acids is 2. The Balaban J connectivity index is 2.05. The second kappa shape index (κ2) is 5.48. The normalized spacial score (nSPS) is 18.5. The molecule has 4 N–H and O–H groups in total. The van der Waals surface area contributed by atoms with Crippen LogP contribution in [0.25, 0.3) is 0 Å². The summed E-state index contributed by atoms with van der Waals surface area (Å²) in [5.41, 5.74) is 7.12. The number of nitrogens with two attached hydrogens (primary N) is 1. The highest BCUT2D eigenvalue weighted by Gasteiger charge is 2.27. The van der Waals surface area contributed by atoms with E-state index in [0.29, 0.717) is 0 Å². The van der Waals surface area contributed by atoms with Crippen molar-refractivity contribution in [1.29, 1.82) is 0 Å². The summed E-state index contributed by atoms with van der Waals surface area (Å²) < 4.78 is 0. The van der Waals surface area contributed by atoms with Gasteiger partial charge in [-0.1, -0.05) is 23.7 Å². The van der Waals surface area contributed by atoms with Crippen molar-refractivity contribution in [3.63, 3.8) is 0 Å². The predicted octanol–water partition coefficient (Wildman–Crippen LogP) is 1.50. The van der Waals surface area contributed by atoms with Crippen molar-refractivity contribution < 1.29 is 9.59 Å². The van der Waals surface area contributed by atoms with E-state index in [1.54, 1.807) is 6.92 Å². The zero-order valence-corrected chi connectivity index (χ0v) is 11.3. The molecule has 102 valence electrons. The van der Waals surface area contributed by atoms with Crippen LogP contribution >= 0.6 is 11.6 Å². The molecule has 0 aliphatic heterocycles. The molecule has 1 aromatic carbocycles. The van der Waals surface area contributed by atoms with E-state index in [-0.39, 0.29) is 11.9 Å². The molecule has 0 unspecified atom stereocenters. The highest BCUT2D eigenvalue weighted by atomic mass is 35.5. The van der Waals surface area contributed by atoms with Gasteiger partial charge in [-0.25, -0.2) is 4.79 Å². The van der Waals surface area contributed by atoms with E-state index in [1.807, 2.05) is 18.2 Å². The Hall–Kier alpha value is -1.75. The summed E-state index contributed by atoms with van der Waals surface area (Å²) >= 11 is 6.12. The van der Waals surface area contributed by atoms with E-state index < -0.39 is 12.1 Å². The Morgan fingerprint density at radius 1 is 1.47 bits per heavy atom. The molecule has 2 rings (SSSR count). The lowest BCUT2D eigenvalue weighted by Crippen LogP contribution is -2.47. The smallest absolute Gasteiger partial charge is 0.312 e. The minimum Gasteiger partial charge on any atom is -0.352 e. The lowest BCUT2D eigenvalue weighted by Gasteiger charge is -2.18. The van der Waals surface area contributed by atoms with Gasteiger partial charge in [-0.2, -0.15) is 0 Å². The van der Waals surface area contributed by atoms with Crippen molar-refractivity contribution in [2.75, 3.05) is 0 Å². The first-order valence-electron chi connectivity index (χ1n) is 6.12. The quantitative estimate of drug-likeness (QED) is 0.784. The van der Waals surface area contributed by atoms with Crippen LogP contribution in [-0.4, -0.2) is 18.0 Å². The van der Waals surface area contributed by atoms with Crippen LogP contribution in [0.15, 0.2) is 18.2 Å². The van der Waals surface area contributed by atoms with Crippen molar-refractivity contribution in [2.45, 2.75) is 31.8 Å². The lowest BCUT2D eigenvalue weighted by molar-refractivity contribution is -0.123. The molecule has 1 aromatic rings. The Labute approximate surface area is 116 Å². The van der Waals surface area contributed by atoms with Crippen LogP contribution in [-0.2, 0) is 11.2 Å². The van der Waals surface area contributed by atoms with Gasteiger partial charge in [0.25, 0.3) is 0 Å². The summed E-state index contributed by atoms with van der Waals surface area (Å²) in [6.45, 7) is 1.59. The number of benzene rings is 1. The topological polar surface area (TPSA) is 84.2 Å². The van der Waals surface area contributed by atoms with Gasteiger partial charge in [0.05, 0.1) is 6.04 Å². The van der Waals surface area contributed by atoms with Gasteiger partial charge in [0, 0.05) is 5.02 Å². The molecule has 1 aliphatic rings. The standard InChI is InChI=1S/C13H16ClN3O2/c1-7(16-13(15)19)12(18)17-11-6-5-8-9(11)3-2-4-10(8)14/h2-4,7,11H,5-6H2,1H3,(H,17,18)(H3,15,16,19)/t7-,11+/m1/s1. The molecule has 0 saturated carbocycles. The third-order valence-corrected chi connectivity index (χ3v) is 3.64. The molecule has 0 fully saturated rings. The molecular weight excluding hydrogens is 266 g/mol. The molecule has 3 amide bonds. The molecular formula is C13H16ClN3O2. The molecule has 0 heterocycles. The molecule has 0 saturated heterocycles. The number of hydrogen-bond acceptors (Lipinski definition) is 2. The second-order valence-corrected chi connectivity index (χ2v) is 5.04. The van der Waals surface area contributed by atoms with Crippen molar-refractivity contribution in [3.8, 4) is 0 Å². The monoisotopic (exact) mass is 281 g/mol. The fourth-order valence-corrected chi connectivity index (χ4v) is 2.61. The maximum atomic E-state index is 11.9. The van der Waals surface area contributed by atoms with Crippen molar-refractivity contribution in [2.24, 2.45) is 5.73 Å². The molecule has 5 nitrogen and oxygen atoms in total. The highest BCUT2D eigenvalue weighted by Crippen LogP contribution is 2.35. The summed E-state index contributed by atoms with van der Waals surface area (Å²) in [7, 11) is 0. The largest absolute Gasteiger partial charge is 0.352 e. The minimum atomic E-state index is -0.711. The van der Waals surface area contributed by atoms with Gasteiger partial charge in [0.15, 0.2) is 0 Å². The number of amides is 3. The number of hydrogen-bond donors (Lipinski definition) is 3. The Morgan fingerprint density at radius 3 is 2.89 bits per heavy atom. The third-order valence-electron chi connectivity index (χ3n) is 3.28. The number of primary amides is 1. The molecule has 1 aliphatic carbocycles. The van der Waals surface area contributed by atoms with E-state index in [2.05, 4.69) is 10.6 Å². The van der Waals surface area contributed by atoms with Crippen molar-refractivity contribution >= 4 is 23.5 Å². The average Bonchev–Trinajstić information content (AvgIpc) is 2.73. The summed E-state index contributed by atoms with van der Waals surface area (Å²) in [4.78, 5) is 22.6. The molecule has 6 heteroatoms. The van der Waals surface area contributed by atoms with Gasteiger partial charge < -0.3 is 16.4 Å². The van der Waals surface area contributed by atoms with Crippen LogP contribution < -0.4 is 16.4 Å². The van der Waals surface area contributed by atoms with Crippen molar-refractivity contribution in [1.82, 2.24) is 10.6 Å². The van der Waals surface area contributed by atoms with Crippen molar-refractivity contribution in [3.05, 3.63) is 34.3 Å². The van der Waals surface area contributed by atoms with Gasteiger partial charge in [0.1, 0.15) is 6.04 Å². The maximum absolute atomic E-state index is 11.9. The summed E-state index contributed by atoms with van der Waals surface area (Å²) in [5.74, 6) is -0.253. The predicted molar refractivity (Wildman–Crippen MR) is 72.8 cm³/mol. The Bertz CT molecular complexity index is 519. The maximum Gasteiger partial charge on any atom is 0.312 e. The number of halogens is 1. The van der Waals surface area contributed by atoms with Gasteiger partial charge in [-0.3, -0.25) is 4.79 Å². The number of carbonyl (C=O) groups is 2. The Kier molecular flexibility index (Phi) is 3.95. The third kappa shape index (κ3) is 2.98. The molecule has 0 aromatic heterocycles. The first kappa shape index (κ1) is 13.7. The average molecular weight is 282 g/mol. The first-order chi connectivity index (χ1) is 8.99. The summed E-state index contributed by atoms with van der Waals surface area (Å²) in [6, 6.07) is 4.26. The van der Waals surface area contributed by atoms with Crippen LogP contribution in [0.2, 0.25) is 5.02 Å². The van der Waals surface area contributed by atoms with Crippen LogP contribution in [0.4, 0.5) is 4.79 Å². The summed E-state index contributed by atoms with van der Waals surface area (Å²) in [5, 5.41) is 5.99. The fraction of sp³-hybridized carbons (Fsp3) is 0.385. The number of nitrogens with one attached hydrogen (secondary N) is 2. The van der Waals surface area contributed by atoms with Gasteiger partial charge >= 0.3 is 6.03 Å². The van der Waals surface area contributed by atoms with Crippen LogP contribution in [0, 0.1) is 0 Å². The van der Waals surface area contributed by atoms with Crippen LogP contribution in [0.5, 0.6) is 0 Å². The first-order valence-corrected chi connectivity index (χ1v) is 6.50. The number of rotatable bonds is 3. The fourth-order valence-electron chi connectivity index (χ4n) is 2.34. The molecule has 0 radical (unpaired) electrons. The van der Waals surface area contributed by atoms with Gasteiger partial charge in [-0.15, -0.1) is 0 Å². The van der Waals surface area contributed by atoms with E-state index >= 15 is 0 Å². The minimum absolute atomic E-state index is 0.0571. The van der Waals surface area contributed by atoms with Crippen LogP contribution in [0.1, 0.15) is 30.5 Å². The highest BCUT2D eigenvalue weighted by molar-refractivity contribution is 6.31. The second-order valence-electron chi connectivity index (χ2n) is 4.64. The zero-order valence-electron chi connectivity index (χ0n) is 10.6. The molecule has 19 heavy (non-hydrogen) atoms.